The van der Waals surface area contributed by atoms with Crippen molar-refractivity contribution in [3.63, 3.8) is 0 Å². The Morgan fingerprint density at radius 2 is 1.93 bits per heavy atom. The first kappa shape index (κ1) is 19.0. The Kier molecular flexibility index (Phi) is 5.09. The van der Waals surface area contributed by atoms with Crippen LogP contribution in [-0.4, -0.2) is 38.7 Å². The SMILES string of the molecule is CN(Cc1ccccc1)C1CCc2nn(-c3ccccn3)c(OC(=O)C3CC3)c2C1. The van der Waals surface area contributed by atoms with Gasteiger partial charge in [0.05, 0.1) is 11.6 Å². The Hall–Kier alpha value is -2.99. The summed E-state index contributed by atoms with van der Waals surface area (Å²) >= 11 is 0. The van der Waals surface area contributed by atoms with Gasteiger partial charge in [0, 0.05) is 24.3 Å². The molecule has 0 radical (unpaired) electrons. The Morgan fingerprint density at radius 1 is 1.13 bits per heavy atom. The number of hydrogen-bond acceptors (Lipinski definition) is 5. The molecule has 1 aromatic carbocycles. The molecule has 3 aromatic rings. The molecule has 30 heavy (non-hydrogen) atoms. The van der Waals surface area contributed by atoms with E-state index in [1.165, 1.54) is 5.56 Å². The smallest absolute Gasteiger partial charge is 0.315 e. The average molecular weight is 402 g/mol. The number of aromatic nitrogens is 3. The van der Waals surface area contributed by atoms with E-state index in [2.05, 4.69) is 41.2 Å². The highest BCUT2D eigenvalue weighted by Gasteiger charge is 2.35. The molecule has 6 heteroatoms. The number of hydrogen-bond donors (Lipinski definition) is 0. The van der Waals surface area contributed by atoms with Crippen LogP contribution in [0.15, 0.2) is 54.7 Å². The summed E-state index contributed by atoms with van der Waals surface area (Å²) in [6.07, 6.45) is 6.29. The van der Waals surface area contributed by atoms with Gasteiger partial charge in [-0.3, -0.25) is 9.69 Å². The van der Waals surface area contributed by atoms with Crippen molar-refractivity contribution in [2.75, 3.05) is 7.05 Å². The summed E-state index contributed by atoms with van der Waals surface area (Å²) < 4.78 is 7.62. The molecule has 0 bridgehead atoms. The number of ether oxygens (including phenoxy) is 1. The van der Waals surface area contributed by atoms with Crippen LogP contribution in [0.1, 0.15) is 36.1 Å². The number of fused-ring (bicyclic) bond motifs is 1. The van der Waals surface area contributed by atoms with Gasteiger partial charge in [-0.25, -0.2) is 4.98 Å². The third kappa shape index (κ3) is 3.87. The number of esters is 1. The monoisotopic (exact) mass is 402 g/mol. The maximum Gasteiger partial charge on any atom is 0.315 e. The van der Waals surface area contributed by atoms with E-state index in [0.717, 1.165) is 49.9 Å². The fourth-order valence-electron chi connectivity index (χ4n) is 4.14. The van der Waals surface area contributed by atoms with Crippen molar-refractivity contribution in [1.82, 2.24) is 19.7 Å². The summed E-state index contributed by atoms with van der Waals surface area (Å²) in [5.41, 5.74) is 3.37. The van der Waals surface area contributed by atoms with Crippen molar-refractivity contribution in [1.29, 1.82) is 0 Å². The second-order valence-corrected chi connectivity index (χ2v) is 8.32. The lowest BCUT2D eigenvalue weighted by Crippen LogP contribution is -2.36. The molecule has 0 aliphatic heterocycles. The van der Waals surface area contributed by atoms with Crippen molar-refractivity contribution < 1.29 is 9.53 Å². The lowest BCUT2D eigenvalue weighted by Gasteiger charge is -2.31. The number of rotatable bonds is 6. The van der Waals surface area contributed by atoms with E-state index in [-0.39, 0.29) is 11.9 Å². The Bertz CT molecular complexity index is 1030. The molecular formula is C24H26N4O2. The highest BCUT2D eigenvalue weighted by molar-refractivity contribution is 5.77. The highest BCUT2D eigenvalue weighted by Crippen LogP contribution is 2.36. The number of carbonyl (C=O) groups excluding carboxylic acids is 1. The minimum atomic E-state index is -0.144. The molecule has 0 amide bonds. The minimum absolute atomic E-state index is 0.0351. The van der Waals surface area contributed by atoms with E-state index < -0.39 is 0 Å². The van der Waals surface area contributed by atoms with E-state index in [1.54, 1.807) is 10.9 Å². The first-order valence-electron chi connectivity index (χ1n) is 10.7. The maximum absolute atomic E-state index is 12.5. The largest absolute Gasteiger partial charge is 0.407 e. The van der Waals surface area contributed by atoms with Gasteiger partial charge in [-0.1, -0.05) is 36.4 Å². The van der Waals surface area contributed by atoms with Crippen LogP contribution in [0.4, 0.5) is 0 Å². The zero-order chi connectivity index (χ0) is 20.5. The first-order valence-corrected chi connectivity index (χ1v) is 10.7. The molecular weight excluding hydrogens is 376 g/mol. The van der Waals surface area contributed by atoms with Crippen LogP contribution in [0.25, 0.3) is 5.82 Å². The molecule has 1 unspecified atom stereocenters. The predicted molar refractivity (Wildman–Crippen MR) is 113 cm³/mol. The van der Waals surface area contributed by atoms with E-state index >= 15 is 0 Å². The molecule has 1 atom stereocenters. The number of carbonyl (C=O) groups is 1. The van der Waals surface area contributed by atoms with E-state index in [1.807, 2.05) is 24.3 Å². The molecule has 2 aliphatic carbocycles. The first-order chi connectivity index (χ1) is 14.7. The summed E-state index contributed by atoms with van der Waals surface area (Å²) in [4.78, 5) is 19.3. The average Bonchev–Trinajstić information content (AvgIpc) is 3.58. The van der Waals surface area contributed by atoms with Crippen molar-refractivity contribution in [3.05, 3.63) is 71.5 Å². The third-order valence-corrected chi connectivity index (χ3v) is 6.05. The summed E-state index contributed by atoms with van der Waals surface area (Å²) in [5, 5.41) is 4.79. The van der Waals surface area contributed by atoms with Crippen LogP contribution in [0, 0.1) is 5.92 Å². The van der Waals surface area contributed by atoms with Gasteiger partial charge in [0.15, 0.2) is 5.82 Å². The fourth-order valence-corrected chi connectivity index (χ4v) is 4.14. The molecule has 0 N–H and O–H groups in total. The summed E-state index contributed by atoms with van der Waals surface area (Å²) in [5.74, 6) is 1.13. The van der Waals surface area contributed by atoms with Crippen LogP contribution in [0.5, 0.6) is 5.88 Å². The molecule has 154 valence electrons. The number of likely N-dealkylation sites (N-methyl/N-ethyl adjacent to an activating group) is 1. The quantitative estimate of drug-likeness (QED) is 0.590. The highest BCUT2D eigenvalue weighted by atomic mass is 16.5. The summed E-state index contributed by atoms with van der Waals surface area (Å²) in [6.45, 7) is 0.895. The van der Waals surface area contributed by atoms with Crippen molar-refractivity contribution in [2.24, 2.45) is 5.92 Å². The Morgan fingerprint density at radius 3 is 2.67 bits per heavy atom. The van der Waals surface area contributed by atoms with E-state index in [9.17, 15) is 4.79 Å². The lowest BCUT2D eigenvalue weighted by molar-refractivity contribution is -0.136. The number of pyridine rings is 1. The topological polar surface area (TPSA) is 60.3 Å². The molecule has 1 saturated carbocycles. The Balaban J connectivity index is 1.43. The van der Waals surface area contributed by atoms with Crippen LogP contribution < -0.4 is 4.74 Å². The van der Waals surface area contributed by atoms with Gasteiger partial charge in [-0.2, -0.15) is 9.78 Å². The Labute approximate surface area is 176 Å². The van der Waals surface area contributed by atoms with Crippen LogP contribution in [0.3, 0.4) is 0 Å². The van der Waals surface area contributed by atoms with Gasteiger partial charge < -0.3 is 4.74 Å². The fraction of sp³-hybridized carbons (Fsp3) is 0.375. The van der Waals surface area contributed by atoms with Crippen molar-refractivity contribution in [2.45, 2.75) is 44.7 Å². The molecule has 6 nitrogen and oxygen atoms in total. The second kappa shape index (κ2) is 8.03. The van der Waals surface area contributed by atoms with Gasteiger partial charge >= 0.3 is 5.97 Å². The van der Waals surface area contributed by atoms with Gasteiger partial charge in [-0.05, 0) is 56.8 Å². The molecule has 5 rings (SSSR count). The van der Waals surface area contributed by atoms with Gasteiger partial charge in [0.2, 0.25) is 5.88 Å². The molecule has 2 aliphatic rings. The summed E-state index contributed by atoms with van der Waals surface area (Å²) in [7, 11) is 2.17. The van der Waals surface area contributed by atoms with E-state index in [4.69, 9.17) is 9.84 Å². The van der Waals surface area contributed by atoms with Crippen molar-refractivity contribution in [3.8, 4) is 11.7 Å². The van der Waals surface area contributed by atoms with Crippen LogP contribution >= 0.6 is 0 Å². The number of benzene rings is 1. The van der Waals surface area contributed by atoms with Gasteiger partial charge in [0.25, 0.3) is 0 Å². The molecule has 1 fully saturated rings. The molecule has 2 aromatic heterocycles. The number of nitrogens with zero attached hydrogens (tertiary/aromatic N) is 4. The molecule has 0 spiro atoms. The predicted octanol–water partition coefficient (Wildman–Crippen LogP) is 3.57. The second-order valence-electron chi connectivity index (χ2n) is 8.32. The van der Waals surface area contributed by atoms with E-state index in [0.29, 0.717) is 17.7 Å². The summed E-state index contributed by atoms with van der Waals surface area (Å²) in [6, 6.07) is 16.6. The zero-order valence-electron chi connectivity index (χ0n) is 17.2. The maximum atomic E-state index is 12.5. The van der Waals surface area contributed by atoms with Gasteiger partial charge in [0.1, 0.15) is 0 Å². The number of aryl methyl sites for hydroxylation is 1. The molecule has 2 heterocycles. The standard InChI is InChI=1S/C24H26N4O2/c1-27(16-17-7-3-2-4-8-17)19-12-13-21-20(15-19)23(30-24(29)18-10-11-18)28(26-21)22-9-5-6-14-25-22/h2-9,14,18-19H,10-13,15-16H2,1H3. The van der Waals surface area contributed by atoms with Crippen LogP contribution in [0.2, 0.25) is 0 Å². The lowest BCUT2D eigenvalue weighted by atomic mass is 9.92. The van der Waals surface area contributed by atoms with Gasteiger partial charge in [-0.15, -0.1) is 0 Å². The molecule has 0 saturated heterocycles. The normalized spacial score (nSPS) is 18.3. The van der Waals surface area contributed by atoms with Crippen molar-refractivity contribution >= 4 is 5.97 Å². The zero-order valence-corrected chi connectivity index (χ0v) is 17.2. The minimum Gasteiger partial charge on any atom is -0.407 e. The third-order valence-electron chi connectivity index (χ3n) is 6.05. The van der Waals surface area contributed by atoms with Crippen LogP contribution in [-0.2, 0) is 24.2 Å².